The van der Waals surface area contributed by atoms with Crippen molar-refractivity contribution in [2.45, 2.75) is 19.3 Å². The zero-order valence-electron chi connectivity index (χ0n) is 7.82. The Bertz CT molecular complexity index is 216. The summed E-state index contributed by atoms with van der Waals surface area (Å²) in [5.74, 6) is 2.60. The van der Waals surface area contributed by atoms with E-state index in [1.54, 1.807) is 6.08 Å². The summed E-state index contributed by atoms with van der Waals surface area (Å²) in [4.78, 5) is 0. The van der Waals surface area contributed by atoms with Crippen molar-refractivity contribution in [3.63, 3.8) is 0 Å². The van der Waals surface area contributed by atoms with E-state index in [4.69, 9.17) is 11.5 Å². The predicted octanol–water partition coefficient (Wildman–Crippen LogP) is 2.45. The summed E-state index contributed by atoms with van der Waals surface area (Å²) in [5, 5.41) is 8.41. The van der Waals surface area contributed by atoms with E-state index in [-0.39, 0.29) is 6.61 Å². The summed E-state index contributed by atoms with van der Waals surface area (Å²) in [6.07, 6.45) is 19.4. The van der Waals surface area contributed by atoms with Crippen LogP contribution in [-0.2, 0) is 0 Å². The van der Waals surface area contributed by atoms with Crippen molar-refractivity contribution in [3.8, 4) is 12.3 Å². The summed E-state index contributed by atoms with van der Waals surface area (Å²) in [7, 11) is 0. The molecule has 0 radical (unpaired) electrons. The molecule has 0 atom stereocenters. The number of aliphatic hydroxyl groups excluding tert-OH is 1. The molecule has 1 N–H and O–H groups in total. The summed E-state index contributed by atoms with van der Waals surface area (Å²) in [6, 6.07) is 0. The molecule has 0 bridgehead atoms. The minimum absolute atomic E-state index is 0.0935. The SMILES string of the molecule is C#CCCC/C=C/C=C/C=C/CO. The van der Waals surface area contributed by atoms with Gasteiger partial charge in [0.05, 0.1) is 6.61 Å². The van der Waals surface area contributed by atoms with E-state index in [0.717, 1.165) is 19.3 Å². The van der Waals surface area contributed by atoms with Crippen LogP contribution in [0.25, 0.3) is 0 Å². The lowest BCUT2D eigenvalue weighted by molar-refractivity contribution is 0.343. The van der Waals surface area contributed by atoms with Crippen LogP contribution in [0.5, 0.6) is 0 Å². The van der Waals surface area contributed by atoms with E-state index in [2.05, 4.69) is 12.0 Å². The van der Waals surface area contributed by atoms with Gasteiger partial charge in [0, 0.05) is 6.42 Å². The fourth-order valence-corrected chi connectivity index (χ4v) is 0.764. The molecule has 1 nitrogen and oxygen atoms in total. The molecule has 0 aliphatic rings. The first kappa shape index (κ1) is 11.7. The average Bonchev–Trinajstić information content (AvgIpc) is 2.16. The van der Waals surface area contributed by atoms with Crippen LogP contribution < -0.4 is 0 Å². The Labute approximate surface area is 80.5 Å². The van der Waals surface area contributed by atoms with Gasteiger partial charge in [0.1, 0.15) is 0 Å². The molecule has 0 fully saturated rings. The molecule has 0 amide bonds. The molecule has 0 rings (SSSR count). The average molecular weight is 176 g/mol. The largest absolute Gasteiger partial charge is 0.392 e. The highest BCUT2D eigenvalue weighted by Crippen LogP contribution is 1.94. The molecule has 0 aliphatic carbocycles. The van der Waals surface area contributed by atoms with Gasteiger partial charge < -0.3 is 5.11 Å². The maximum Gasteiger partial charge on any atom is 0.0615 e. The molecule has 13 heavy (non-hydrogen) atoms. The first-order valence-corrected chi connectivity index (χ1v) is 4.44. The number of unbranched alkanes of at least 4 members (excludes halogenated alkanes) is 2. The highest BCUT2D eigenvalue weighted by Gasteiger charge is 1.76. The van der Waals surface area contributed by atoms with Gasteiger partial charge in [-0.25, -0.2) is 0 Å². The minimum Gasteiger partial charge on any atom is -0.392 e. The smallest absolute Gasteiger partial charge is 0.0615 e. The van der Waals surface area contributed by atoms with Crippen molar-refractivity contribution < 1.29 is 5.11 Å². The van der Waals surface area contributed by atoms with E-state index in [1.165, 1.54) is 0 Å². The maximum atomic E-state index is 8.41. The van der Waals surface area contributed by atoms with Crippen LogP contribution in [0, 0.1) is 12.3 Å². The minimum atomic E-state index is 0.0935. The van der Waals surface area contributed by atoms with E-state index >= 15 is 0 Å². The Morgan fingerprint density at radius 3 is 2.38 bits per heavy atom. The molecule has 0 saturated heterocycles. The third-order valence-electron chi connectivity index (χ3n) is 1.40. The lowest BCUT2D eigenvalue weighted by Crippen LogP contribution is -1.68. The van der Waals surface area contributed by atoms with Gasteiger partial charge in [-0.2, -0.15) is 0 Å². The molecular weight excluding hydrogens is 160 g/mol. The van der Waals surface area contributed by atoms with Gasteiger partial charge >= 0.3 is 0 Å². The second-order valence-corrected chi connectivity index (χ2v) is 2.52. The summed E-state index contributed by atoms with van der Waals surface area (Å²) in [5.41, 5.74) is 0. The highest BCUT2D eigenvalue weighted by atomic mass is 16.2. The number of hydrogen-bond donors (Lipinski definition) is 1. The molecular formula is C12H16O. The maximum absolute atomic E-state index is 8.41. The van der Waals surface area contributed by atoms with Crippen LogP contribution in [0.3, 0.4) is 0 Å². The molecule has 0 aromatic rings. The molecule has 0 aliphatic heterocycles. The van der Waals surface area contributed by atoms with Crippen molar-refractivity contribution >= 4 is 0 Å². The normalized spacial score (nSPS) is 11.7. The van der Waals surface area contributed by atoms with Crippen molar-refractivity contribution in [3.05, 3.63) is 36.5 Å². The molecule has 1 heteroatoms. The van der Waals surface area contributed by atoms with Gasteiger partial charge in [-0.15, -0.1) is 12.3 Å². The number of allylic oxidation sites excluding steroid dienone is 5. The van der Waals surface area contributed by atoms with E-state index in [0.29, 0.717) is 0 Å². The molecule has 0 aromatic carbocycles. The van der Waals surface area contributed by atoms with E-state index < -0.39 is 0 Å². The second-order valence-electron chi connectivity index (χ2n) is 2.52. The number of aliphatic hydroxyl groups is 1. The van der Waals surface area contributed by atoms with Gasteiger partial charge in [-0.1, -0.05) is 36.5 Å². The van der Waals surface area contributed by atoms with Crippen molar-refractivity contribution in [2.75, 3.05) is 6.61 Å². The molecule has 0 aromatic heterocycles. The van der Waals surface area contributed by atoms with Gasteiger partial charge in [0.15, 0.2) is 0 Å². The van der Waals surface area contributed by atoms with Crippen molar-refractivity contribution in [1.82, 2.24) is 0 Å². The molecule has 0 heterocycles. The molecule has 0 saturated carbocycles. The predicted molar refractivity (Wildman–Crippen MR) is 57.2 cm³/mol. The Morgan fingerprint density at radius 1 is 1.08 bits per heavy atom. The molecule has 0 unspecified atom stereocenters. The zero-order chi connectivity index (χ0) is 9.78. The standard InChI is InChI=1S/C12H16O/c1-2-3-4-5-6-7-8-9-10-11-12-13/h1,6-11,13H,3-5,12H2/b7-6+,9-8+,11-10+. The third-order valence-corrected chi connectivity index (χ3v) is 1.40. The number of hydrogen-bond acceptors (Lipinski definition) is 1. The summed E-state index contributed by atoms with van der Waals surface area (Å²) in [6.45, 7) is 0.0935. The molecule has 0 spiro atoms. The van der Waals surface area contributed by atoms with Gasteiger partial charge in [0.2, 0.25) is 0 Å². The van der Waals surface area contributed by atoms with Gasteiger partial charge in [-0.05, 0) is 12.8 Å². The first-order valence-electron chi connectivity index (χ1n) is 4.44. The third kappa shape index (κ3) is 10.7. The first-order chi connectivity index (χ1) is 6.41. The van der Waals surface area contributed by atoms with Crippen molar-refractivity contribution in [2.24, 2.45) is 0 Å². The quantitative estimate of drug-likeness (QED) is 0.374. The Morgan fingerprint density at radius 2 is 1.77 bits per heavy atom. The Kier molecular flexibility index (Phi) is 9.70. The number of terminal acetylenes is 1. The zero-order valence-corrected chi connectivity index (χ0v) is 7.82. The molecule has 70 valence electrons. The lowest BCUT2D eigenvalue weighted by Gasteiger charge is -1.85. The summed E-state index contributed by atoms with van der Waals surface area (Å²) >= 11 is 0. The van der Waals surface area contributed by atoms with Gasteiger partial charge in [0.25, 0.3) is 0 Å². The summed E-state index contributed by atoms with van der Waals surface area (Å²) < 4.78 is 0. The Balaban J connectivity index is 3.36. The monoisotopic (exact) mass is 176 g/mol. The van der Waals surface area contributed by atoms with Gasteiger partial charge in [-0.3, -0.25) is 0 Å². The highest BCUT2D eigenvalue weighted by molar-refractivity contribution is 5.10. The van der Waals surface area contributed by atoms with Crippen molar-refractivity contribution in [1.29, 1.82) is 0 Å². The van der Waals surface area contributed by atoms with Crippen LogP contribution in [0.2, 0.25) is 0 Å². The van der Waals surface area contributed by atoms with E-state index in [9.17, 15) is 0 Å². The second kappa shape index (κ2) is 10.7. The Hall–Kier alpha value is -1.26. The lowest BCUT2D eigenvalue weighted by atomic mass is 10.2. The van der Waals surface area contributed by atoms with Crippen LogP contribution in [-0.4, -0.2) is 11.7 Å². The van der Waals surface area contributed by atoms with Crippen LogP contribution in [0.15, 0.2) is 36.5 Å². The topological polar surface area (TPSA) is 20.2 Å². The van der Waals surface area contributed by atoms with Crippen LogP contribution >= 0.6 is 0 Å². The fourth-order valence-electron chi connectivity index (χ4n) is 0.764. The fraction of sp³-hybridized carbons (Fsp3) is 0.333. The van der Waals surface area contributed by atoms with Crippen LogP contribution in [0.4, 0.5) is 0 Å². The number of rotatable bonds is 6. The van der Waals surface area contributed by atoms with E-state index in [1.807, 2.05) is 24.3 Å². The van der Waals surface area contributed by atoms with Crippen LogP contribution in [0.1, 0.15) is 19.3 Å².